The van der Waals surface area contributed by atoms with Crippen molar-refractivity contribution in [2.24, 2.45) is 5.92 Å². The van der Waals surface area contributed by atoms with Crippen molar-refractivity contribution in [2.75, 3.05) is 25.0 Å². The molecule has 1 saturated carbocycles. The molecule has 0 saturated heterocycles. The maximum atomic E-state index is 3.29. The van der Waals surface area contributed by atoms with Crippen molar-refractivity contribution in [3.63, 3.8) is 0 Å². The zero-order valence-corrected chi connectivity index (χ0v) is 10.7. The van der Waals surface area contributed by atoms with E-state index in [-0.39, 0.29) is 0 Å². The SMILES string of the molecule is CNCc1cccc2c1N(CC1CCC1)CC2. The van der Waals surface area contributed by atoms with E-state index in [2.05, 4.69) is 28.4 Å². The molecule has 2 aliphatic rings. The van der Waals surface area contributed by atoms with Crippen molar-refractivity contribution in [1.29, 1.82) is 0 Å². The third-order valence-corrected chi connectivity index (χ3v) is 4.24. The van der Waals surface area contributed by atoms with E-state index in [1.165, 1.54) is 50.0 Å². The highest BCUT2D eigenvalue weighted by Gasteiger charge is 2.26. The van der Waals surface area contributed by atoms with E-state index < -0.39 is 0 Å². The molecule has 1 N–H and O–H groups in total. The minimum absolute atomic E-state index is 0.962. The first-order valence-corrected chi connectivity index (χ1v) is 6.89. The summed E-state index contributed by atoms with van der Waals surface area (Å²) in [6.07, 6.45) is 5.57. The standard InChI is InChI=1S/C15H22N2/c1-16-10-14-7-3-6-13-8-9-17(15(13)14)11-12-4-2-5-12/h3,6-7,12,16H,2,4-5,8-11H2,1H3. The Bertz CT molecular complexity index is 396. The number of fused-ring (bicyclic) bond motifs is 1. The second-order valence-corrected chi connectivity index (χ2v) is 5.45. The van der Waals surface area contributed by atoms with Gasteiger partial charge in [0, 0.05) is 25.3 Å². The van der Waals surface area contributed by atoms with Crippen molar-refractivity contribution in [1.82, 2.24) is 5.32 Å². The van der Waals surface area contributed by atoms with E-state index >= 15 is 0 Å². The summed E-state index contributed by atoms with van der Waals surface area (Å²) in [4.78, 5) is 2.63. The van der Waals surface area contributed by atoms with Gasteiger partial charge in [0.15, 0.2) is 0 Å². The molecule has 1 aromatic rings. The topological polar surface area (TPSA) is 15.3 Å². The van der Waals surface area contributed by atoms with Crippen LogP contribution in [-0.4, -0.2) is 20.1 Å². The highest BCUT2D eigenvalue weighted by molar-refractivity contribution is 5.63. The van der Waals surface area contributed by atoms with Crippen molar-refractivity contribution in [3.8, 4) is 0 Å². The van der Waals surface area contributed by atoms with Crippen LogP contribution in [0.25, 0.3) is 0 Å². The molecule has 92 valence electrons. The molecule has 1 fully saturated rings. The van der Waals surface area contributed by atoms with E-state index in [0.29, 0.717) is 0 Å². The molecule has 0 unspecified atom stereocenters. The maximum Gasteiger partial charge on any atom is 0.0445 e. The lowest BCUT2D eigenvalue weighted by Crippen LogP contribution is -2.31. The Hall–Kier alpha value is -1.02. The van der Waals surface area contributed by atoms with Crippen molar-refractivity contribution >= 4 is 5.69 Å². The fourth-order valence-corrected chi connectivity index (χ4v) is 3.12. The summed E-state index contributed by atoms with van der Waals surface area (Å²) in [7, 11) is 2.03. The largest absolute Gasteiger partial charge is 0.370 e. The summed E-state index contributed by atoms with van der Waals surface area (Å²) in [6.45, 7) is 3.50. The molecule has 17 heavy (non-hydrogen) atoms. The number of rotatable bonds is 4. The smallest absolute Gasteiger partial charge is 0.0445 e. The Kier molecular flexibility index (Phi) is 3.06. The van der Waals surface area contributed by atoms with Gasteiger partial charge in [0.1, 0.15) is 0 Å². The van der Waals surface area contributed by atoms with Gasteiger partial charge in [0.25, 0.3) is 0 Å². The lowest BCUT2D eigenvalue weighted by atomic mass is 9.85. The van der Waals surface area contributed by atoms with E-state index in [9.17, 15) is 0 Å². The monoisotopic (exact) mass is 230 g/mol. The molecule has 0 radical (unpaired) electrons. The van der Waals surface area contributed by atoms with Gasteiger partial charge in [-0.1, -0.05) is 24.6 Å². The Morgan fingerprint density at radius 2 is 2.24 bits per heavy atom. The molecular formula is C15H22N2. The van der Waals surface area contributed by atoms with E-state index in [4.69, 9.17) is 0 Å². The lowest BCUT2D eigenvalue weighted by Gasteiger charge is -2.32. The summed E-state index contributed by atoms with van der Waals surface area (Å²) >= 11 is 0. The van der Waals surface area contributed by atoms with Crippen LogP contribution in [-0.2, 0) is 13.0 Å². The van der Waals surface area contributed by atoms with Crippen LogP contribution in [0.4, 0.5) is 5.69 Å². The van der Waals surface area contributed by atoms with Crippen LogP contribution in [0.15, 0.2) is 18.2 Å². The molecule has 1 aliphatic carbocycles. The summed E-state index contributed by atoms with van der Waals surface area (Å²) in [5, 5.41) is 3.29. The third kappa shape index (κ3) is 2.06. The van der Waals surface area contributed by atoms with E-state index in [0.717, 1.165) is 12.5 Å². The van der Waals surface area contributed by atoms with Crippen molar-refractivity contribution in [3.05, 3.63) is 29.3 Å². The van der Waals surface area contributed by atoms with Gasteiger partial charge in [-0.15, -0.1) is 0 Å². The molecule has 1 aromatic carbocycles. The van der Waals surface area contributed by atoms with Gasteiger partial charge in [-0.3, -0.25) is 0 Å². The summed E-state index contributed by atoms with van der Waals surface area (Å²) in [5.41, 5.74) is 4.56. The zero-order valence-electron chi connectivity index (χ0n) is 10.7. The van der Waals surface area contributed by atoms with Gasteiger partial charge < -0.3 is 10.2 Å². The summed E-state index contributed by atoms with van der Waals surface area (Å²) < 4.78 is 0. The second-order valence-electron chi connectivity index (χ2n) is 5.45. The predicted molar refractivity (Wildman–Crippen MR) is 72.5 cm³/mol. The molecule has 3 rings (SSSR count). The Labute approximate surface area is 104 Å². The number of anilines is 1. The van der Waals surface area contributed by atoms with Crippen LogP contribution in [0.1, 0.15) is 30.4 Å². The quantitative estimate of drug-likeness (QED) is 0.855. The molecule has 0 bridgehead atoms. The molecule has 1 heterocycles. The summed E-state index contributed by atoms with van der Waals surface area (Å²) in [5.74, 6) is 0.962. The lowest BCUT2D eigenvalue weighted by molar-refractivity contribution is 0.319. The average molecular weight is 230 g/mol. The van der Waals surface area contributed by atoms with Crippen LogP contribution < -0.4 is 10.2 Å². The second kappa shape index (κ2) is 4.69. The Morgan fingerprint density at radius 3 is 2.94 bits per heavy atom. The van der Waals surface area contributed by atoms with E-state index in [1.54, 1.807) is 5.56 Å². The van der Waals surface area contributed by atoms with E-state index in [1.807, 2.05) is 7.05 Å². The molecule has 2 nitrogen and oxygen atoms in total. The van der Waals surface area contributed by atoms with Gasteiger partial charge in [-0.25, -0.2) is 0 Å². The fraction of sp³-hybridized carbons (Fsp3) is 0.600. The first-order valence-electron chi connectivity index (χ1n) is 6.89. The average Bonchev–Trinajstić information content (AvgIpc) is 2.68. The van der Waals surface area contributed by atoms with Crippen molar-refractivity contribution < 1.29 is 0 Å². The highest BCUT2D eigenvalue weighted by atomic mass is 15.2. The van der Waals surface area contributed by atoms with Crippen LogP contribution in [0.3, 0.4) is 0 Å². The molecule has 2 heteroatoms. The van der Waals surface area contributed by atoms with Gasteiger partial charge in [0.05, 0.1) is 0 Å². The van der Waals surface area contributed by atoms with Crippen LogP contribution in [0.2, 0.25) is 0 Å². The third-order valence-electron chi connectivity index (χ3n) is 4.24. The molecule has 0 aromatic heterocycles. The Balaban J connectivity index is 1.82. The van der Waals surface area contributed by atoms with Gasteiger partial charge >= 0.3 is 0 Å². The number of nitrogens with one attached hydrogen (secondary N) is 1. The van der Waals surface area contributed by atoms with Crippen LogP contribution in [0.5, 0.6) is 0 Å². The predicted octanol–water partition coefficient (Wildman–Crippen LogP) is 2.57. The Morgan fingerprint density at radius 1 is 1.35 bits per heavy atom. The number of nitrogens with zero attached hydrogens (tertiary/aromatic N) is 1. The first kappa shape index (κ1) is 11.1. The summed E-state index contributed by atoms with van der Waals surface area (Å²) in [6, 6.07) is 6.78. The van der Waals surface area contributed by atoms with Crippen LogP contribution in [0, 0.1) is 5.92 Å². The molecule has 0 spiro atoms. The minimum atomic E-state index is 0.962. The minimum Gasteiger partial charge on any atom is -0.370 e. The van der Waals surface area contributed by atoms with Crippen molar-refractivity contribution in [2.45, 2.75) is 32.2 Å². The van der Waals surface area contributed by atoms with Gasteiger partial charge in [-0.2, -0.15) is 0 Å². The first-order chi connectivity index (χ1) is 8.38. The number of hydrogen-bond donors (Lipinski definition) is 1. The fourth-order valence-electron chi connectivity index (χ4n) is 3.12. The number of para-hydroxylation sites is 1. The number of hydrogen-bond acceptors (Lipinski definition) is 2. The normalized spacial score (nSPS) is 19.2. The molecular weight excluding hydrogens is 208 g/mol. The molecule has 0 amide bonds. The van der Waals surface area contributed by atoms with Crippen LogP contribution >= 0.6 is 0 Å². The number of benzene rings is 1. The van der Waals surface area contributed by atoms with Gasteiger partial charge in [0.2, 0.25) is 0 Å². The zero-order chi connectivity index (χ0) is 11.7. The molecule has 1 aliphatic heterocycles. The van der Waals surface area contributed by atoms with Gasteiger partial charge in [-0.05, 0) is 43.4 Å². The maximum absolute atomic E-state index is 3.29. The highest BCUT2D eigenvalue weighted by Crippen LogP contribution is 2.35. The molecule has 0 atom stereocenters.